The third-order valence-electron chi connectivity index (χ3n) is 3.86. The number of hydrogen-bond acceptors (Lipinski definition) is 3. The fraction of sp³-hybridized carbons (Fsp3) is 0.0476. The van der Waals surface area contributed by atoms with Gasteiger partial charge in [-0.25, -0.2) is 4.79 Å². The maximum atomic E-state index is 12.6. The van der Waals surface area contributed by atoms with Crippen LogP contribution in [-0.4, -0.2) is 17.0 Å². The molecule has 0 bridgehead atoms. The van der Waals surface area contributed by atoms with E-state index in [2.05, 4.69) is 10.6 Å². The summed E-state index contributed by atoms with van der Waals surface area (Å²) in [5.74, 6) is -1.34. The first-order valence-electron chi connectivity index (χ1n) is 8.15. The van der Waals surface area contributed by atoms with Gasteiger partial charge in [-0.2, -0.15) is 0 Å². The Bertz CT molecular complexity index is 929. The van der Waals surface area contributed by atoms with Crippen molar-refractivity contribution in [1.29, 1.82) is 0 Å². The standard InChI is InChI=1S/C21H18N2O3.H2/c24-20(23-17-10-6-9-16(13-17)21(25)26)18-11-4-5-12-19(18)22-14-15-7-2-1-3-8-15;/h1-13,22H,14H2,(H,23,24)(H,25,26);1H. The van der Waals surface area contributed by atoms with Crippen LogP contribution in [0.1, 0.15) is 27.7 Å². The summed E-state index contributed by atoms with van der Waals surface area (Å²) in [6, 6.07) is 23.3. The van der Waals surface area contributed by atoms with Crippen molar-refractivity contribution >= 4 is 23.3 Å². The molecular weight excluding hydrogens is 328 g/mol. The Morgan fingerprint density at radius 3 is 2.38 bits per heavy atom. The lowest BCUT2D eigenvalue weighted by Crippen LogP contribution is -2.15. The third-order valence-corrected chi connectivity index (χ3v) is 3.86. The van der Waals surface area contributed by atoms with Crippen molar-refractivity contribution < 1.29 is 16.1 Å². The van der Waals surface area contributed by atoms with E-state index in [9.17, 15) is 9.59 Å². The highest BCUT2D eigenvalue weighted by Crippen LogP contribution is 2.19. The van der Waals surface area contributed by atoms with Crippen LogP contribution in [0.4, 0.5) is 11.4 Å². The number of carboxylic acids is 1. The minimum atomic E-state index is -1.04. The highest BCUT2D eigenvalue weighted by Gasteiger charge is 2.12. The fourth-order valence-corrected chi connectivity index (χ4v) is 2.56. The van der Waals surface area contributed by atoms with Gasteiger partial charge < -0.3 is 15.7 Å². The average molecular weight is 348 g/mol. The second-order valence-corrected chi connectivity index (χ2v) is 5.72. The van der Waals surface area contributed by atoms with E-state index in [1.165, 1.54) is 12.1 Å². The molecule has 0 saturated heterocycles. The van der Waals surface area contributed by atoms with Gasteiger partial charge in [0.05, 0.1) is 11.1 Å². The molecule has 0 radical (unpaired) electrons. The van der Waals surface area contributed by atoms with Crippen LogP contribution in [0.5, 0.6) is 0 Å². The molecule has 132 valence electrons. The molecule has 0 fully saturated rings. The van der Waals surface area contributed by atoms with Crippen LogP contribution in [0.2, 0.25) is 0 Å². The molecular formula is C21H20N2O3. The first kappa shape index (κ1) is 17.2. The van der Waals surface area contributed by atoms with E-state index in [1.807, 2.05) is 42.5 Å². The fourth-order valence-electron chi connectivity index (χ4n) is 2.56. The van der Waals surface area contributed by atoms with E-state index in [0.717, 1.165) is 5.56 Å². The molecule has 3 aromatic carbocycles. The van der Waals surface area contributed by atoms with Crippen molar-refractivity contribution in [3.05, 3.63) is 95.6 Å². The van der Waals surface area contributed by atoms with E-state index in [4.69, 9.17) is 5.11 Å². The molecule has 5 heteroatoms. The number of carbonyl (C=O) groups excluding carboxylic acids is 1. The van der Waals surface area contributed by atoms with Crippen LogP contribution < -0.4 is 10.6 Å². The summed E-state index contributed by atoms with van der Waals surface area (Å²) in [6.07, 6.45) is 0. The number of benzene rings is 3. The van der Waals surface area contributed by atoms with Gasteiger partial charge in [-0.05, 0) is 35.9 Å². The van der Waals surface area contributed by atoms with E-state index in [1.54, 1.807) is 24.3 Å². The largest absolute Gasteiger partial charge is 0.478 e. The Hall–Kier alpha value is -3.60. The average Bonchev–Trinajstić information content (AvgIpc) is 2.67. The molecule has 0 aliphatic rings. The molecule has 0 heterocycles. The van der Waals surface area contributed by atoms with Gasteiger partial charge in [0.15, 0.2) is 0 Å². The van der Waals surface area contributed by atoms with Gasteiger partial charge in [-0.15, -0.1) is 0 Å². The third kappa shape index (κ3) is 4.27. The summed E-state index contributed by atoms with van der Waals surface area (Å²) in [7, 11) is 0. The zero-order chi connectivity index (χ0) is 18.4. The molecule has 0 saturated carbocycles. The van der Waals surface area contributed by atoms with Gasteiger partial charge in [0.25, 0.3) is 5.91 Å². The van der Waals surface area contributed by atoms with Gasteiger partial charge in [0.1, 0.15) is 0 Å². The lowest BCUT2D eigenvalue weighted by atomic mass is 10.1. The molecule has 1 amide bonds. The van der Waals surface area contributed by atoms with E-state index in [0.29, 0.717) is 23.5 Å². The lowest BCUT2D eigenvalue weighted by molar-refractivity contribution is 0.0696. The Morgan fingerprint density at radius 2 is 1.62 bits per heavy atom. The first-order valence-corrected chi connectivity index (χ1v) is 8.15. The van der Waals surface area contributed by atoms with Gasteiger partial charge in [0, 0.05) is 19.3 Å². The molecule has 3 rings (SSSR count). The molecule has 3 aromatic rings. The minimum absolute atomic E-state index is 0. The van der Waals surface area contributed by atoms with Gasteiger partial charge >= 0.3 is 5.97 Å². The summed E-state index contributed by atoms with van der Waals surface area (Å²) in [5, 5.41) is 15.1. The minimum Gasteiger partial charge on any atom is -0.478 e. The van der Waals surface area contributed by atoms with Crippen molar-refractivity contribution in [3.63, 3.8) is 0 Å². The highest BCUT2D eigenvalue weighted by atomic mass is 16.4. The maximum Gasteiger partial charge on any atom is 0.335 e. The molecule has 0 unspecified atom stereocenters. The highest BCUT2D eigenvalue weighted by molar-refractivity contribution is 6.08. The van der Waals surface area contributed by atoms with Crippen LogP contribution in [0.15, 0.2) is 78.9 Å². The Balaban J connectivity index is 0.00000261. The monoisotopic (exact) mass is 348 g/mol. The number of aromatic carboxylic acids is 1. The second-order valence-electron chi connectivity index (χ2n) is 5.72. The van der Waals surface area contributed by atoms with E-state index >= 15 is 0 Å². The van der Waals surface area contributed by atoms with Crippen LogP contribution in [-0.2, 0) is 6.54 Å². The van der Waals surface area contributed by atoms with Gasteiger partial charge in [-0.3, -0.25) is 4.79 Å². The number of carbonyl (C=O) groups is 2. The molecule has 0 aromatic heterocycles. The topological polar surface area (TPSA) is 78.4 Å². The van der Waals surface area contributed by atoms with Gasteiger partial charge in [0.2, 0.25) is 0 Å². The number of carboxylic acid groups (broad SMARTS) is 1. The number of amides is 1. The molecule has 0 aliphatic heterocycles. The smallest absolute Gasteiger partial charge is 0.335 e. The second kappa shape index (κ2) is 7.98. The maximum absolute atomic E-state index is 12.6. The van der Waals surface area contributed by atoms with Gasteiger partial charge in [-0.1, -0.05) is 48.5 Å². The zero-order valence-electron chi connectivity index (χ0n) is 14.0. The van der Waals surface area contributed by atoms with Crippen molar-refractivity contribution in [2.45, 2.75) is 6.54 Å². The zero-order valence-corrected chi connectivity index (χ0v) is 14.0. The number of rotatable bonds is 6. The lowest BCUT2D eigenvalue weighted by Gasteiger charge is -2.12. The molecule has 3 N–H and O–H groups in total. The van der Waals surface area contributed by atoms with Crippen molar-refractivity contribution in [2.75, 3.05) is 10.6 Å². The molecule has 26 heavy (non-hydrogen) atoms. The molecule has 5 nitrogen and oxygen atoms in total. The van der Waals surface area contributed by atoms with Crippen LogP contribution in [0.3, 0.4) is 0 Å². The number of nitrogens with one attached hydrogen (secondary N) is 2. The van der Waals surface area contributed by atoms with Crippen molar-refractivity contribution in [3.8, 4) is 0 Å². The predicted octanol–water partition coefficient (Wildman–Crippen LogP) is 4.50. The Labute approximate surface area is 152 Å². The summed E-state index contributed by atoms with van der Waals surface area (Å²) >= 11 is 0. The first-order chi connectivity index (χ1) is 12.6. The molecule has 0 atom stereocenters. The SMILES string of the molecule is O=C(O)c1cccc(NC(=O)c2ccccc2NCc2ccccc2)c1.[HH]. The summed E-state index contributed by atoms with van der Waals surface area (Å²) in [5.41, 5.74) is 2.87. The summed E-state index contributed by atoms with van der Waals surface area (Å²) in [4.78, 5) is 23.7. The summed E-state index contributed by atoms with van der Waals surface area (Å²) in [6.45, 7) is 0.597. The number of hydrogen-bond donors (Lipinski definition) is 3. The molecule has 0 spiro atoms. The van der Waals surface area contributed by atoms with Crippen molar-refractivity contribution in [1.82, 2.24) is 0 Å². The quantitative estimate of drug-likeness (QED) is 0.613. The number of para-hydroxylation sites is 1. The van der Waals surface area contributed by atoms with Crippen molar-refractivity contribution in [2.24, 2.45) is 0 Å². The summed E-state index contributed by atoms with van der Waals surface area (Å²) < 4.78 is 0. The van der Waals surface area contributed by atoms with E-state index < -0.39 is 5.97 Å². The molecule has 0 aliphatic carbocycles. The Morgan fingerprint density at radius 1 is 0.885 bits per heavy atom. The predicted molar refractivity (Wildman–Crippen MR) is 104 cm³/mol. The normalized spacial score (nSPS) is 10.2. The Kier molecular flexibility index (Phi) is 5.29. The van der Waals surface area contributed by atoms with Crippen LogP contribution in [0, 0.1) is 0 Å². The van der Waals surface area contributed by atoms with Crippen LogP contribution in [0.25, 0.3) is 0 Å². The van der Waals surface area contributed by atoms with E-state index in [-0.39, 0.29) is 12.9 Å². The van der Waals surface area contributed by atoms with Crippen LogP contribution >= 0.6 is 0 Å². The number of anilines is 2.